The van der Waals surface area contributed by atoms with Crippen LogP contribution in [0.1, 0.15) is 63.0 Å². The van der Waals surface area contributed by atoms with Crippen molar-refractivity contribution in [2.45, 2.75) is 76.9 Å². The molecular weight excluding hydrogens is 645 g/mol. The van der Waals surface area contributed by atoms with Crippen molar-refractivity contribution in [3.63, 3.8) is 0 Å². The molecule has 1 atom stereocenters. The summed E-state index contributed by atoms with van der Waals surface area (Å²) < 4.78 is 32.3. The molecule has 0 spiro atoms. The Hall–Kier alpha value is -3.27. The highest BCUT2D eigenvalue weighted by Crippen LogP contribution is 2.26. The van der Waals surface area contributed by atoms with Crippen LogP contribution in [0.3, 0.4) is 0 Å². The van der Waals surface area contributed by atoms with Crippen LogP contribution in [-0.2, 0) is 32.6 Å². The van der Waals surface area contributed by atoms with Gasteiger partial charge < -0.3 is 15.0 Å². The second-order valence-corrected chi connectivity index (χ2v) is 14.4. The Kier molecular flexibility index (Phi) is 13.2. The summed E-state index contributed by atoms with van der Waals surface area (Å²) in [6.07, 6.45) is 6.82. The normalized spacial score (nSPS) is 14.3. The molecule has 8 nitrogen and oxygen atoms in total. The summed E-state index contributed by atoms with van der Waals surface area (Å²) in [5.74, 6) is 0.162. The number of carbonyl (C=O) groups excluding carboxylic acids is 2. The van der Waals surface area contributed by atoms with Crippen molar-refractivity contribution in [2.24, 2.45) is 0 Å². The van der Waals surface area contributed by atoms with Gasteiger partial charge in [-0.3, -0.25) is 13.9 Å². The van der Waals surface area contributed by atoms with Gasteiger partial charge in [0.05, 0.1) is 18.6 Å². The highest BCUT2D eigenvalue weighted by atomic mass is 35.5. The summed E-state index contributed by atoms with van der Waals surface area (Å²) in [7, 11) is -3.63. The summed E-state index contributed by atoms with van der Waals surface area (Å²) in [6, 6.07) is 20.8. The number of rotatable bonds is 15. The van der Waals surface area contributed by atoms with Crippen LogP contribution in [0, 0.1) is 0 Å². The van der Waals surface area contributed by atoms with Gasteiger partial charge in [-0.05, 0) is 73.7 Å². The maximum atomic E-state index is 14.1. The van der Waals surface area contributed by atoms with Crippen molar-refractivity contribution < 1.29 is 22.7 Å². The zero-order valence-corrected chi connectivity index (χ0v) is 28.8. The smallest absolute Gasteiger partial charge is 0.243 e. The van der Waals surface area contributed by atoms with Gasteiger partial charge >= 0.3 is 0 Å². The molecule has 0 aromatic heterocycles. The molecular formula is C35H43Cl2N3O5S. The molecule has 248 valence electrons. The van der Waals surface area contributed by atoms with E-state index in [4.69, 9.17) is 27.9 Å². The Morgan fingerprint density at radius 1 is 0.978 bits per heavy atom. The maximum Gasteiger partial charge on any atom is 0.243 e. The van der Waals surface area contributed by atoms with E-state index in [0.717, 1.165) is 43.9 Å². The van der Waals surface area contributed by atoms with Crippen LogP contribution in [0.15, 0.2) is 72.8 Å². The molecule has 1 N–H and O–H groups in total. The monoisotopic (exact) mass is 687 g/mol. The van der Waals surface area contributed by atoms with E-state index >= 15 is 0 Å². The van der Waals surface area contributed by atoms with Crippen molar-refractivity contribution in [3.8, 4) is 5.75 Å². The number of hydrogen-bond donors (Lipinski definition) is 1. The average Bonchev–Trinajstić information content (AvgIpc) is 3.03. The first-order valence-electron chi connectivity index (χ1n) is 15.8. The molecule has 0 aliphatic heterocycles. The number of nitrogens with one attached hydrogen (secondary N) is 1. The SMILES string of the molecule is CCOc1ccc(N(CCCC(=O)N(Cc2ccc(Cl)cc2Cl)[C@@H](Cc2ccccc2)C(=O)NC2CCCCC2)S(C)(=O)=O)cc1. The van der Waals surface area contributed by atoms with Gasteiger partial charge in [0.15, 0.2) is 0 Å². The van der Waals surface area contributed by atoms with Gasteiger partial charge in [-0.25, -0.2) is 8.42 Å². The first kappa shape index (κ1) is 35.6. The van der Waals surface area contributed by atoms with Gasteiger partial charge in [0, 0.05) is 42.0 Å². The molecule has 1 aliphatic rings. The number of benzene rings is 3. The van der Waals surface area contributed by atoms with Gasteiger partial charge in [-0.1, -0.05) is 78.9 Å². The molecule has 1 aliphatic carbocycles. The summed E-state index contributed by atoms with van der Waals surface area (Å²) in [5.41, 5.74) is 2.07. The second kappa shape index (κ2) is 17.0. The minimum absolute atomic E-state index is 0.0241. The number of halogens is 2. The van der Waals surface area contributed by atoms with Crippen molar-refractivity contribution in [3.05, 3.63) is 94.0 Å². The number of anilines is 1. The van der Waals surface area contributed by atoms with Crippen LogP contribution < -0.4 is 14.4 Å². The lowest BCUT2D eigenvalue weighted by molar-refractivity contribution is -0.141. The van der Waals surface area contributed by atoms with Gasteiger partial charge in [0.2, 0.25) is 21.8 Å². The van der Waals surface area contributed by atoms with Gasteiger partial charge in [-0.15, -0.1) is 0 Å². The predicted octanol–water partition coefficient (Wildman–Crippen LogP) is 7.03. The second-order valence-electron chi connectivity index (χ2n) is 11.7. The maximum absolute atomic E-state index is 14.1. The largest absolute Gasteiger partial charge is 0.494 e. The fourth-order valence-corrected chi connectivity index (χ4v) is 7.24. The topological polar surface area (TPSA) is 96.0 Å². The van der Waals surface area contributed by atoms with Gasteiger partial charge in [0.25, 0.3) is 0 Å². The summed E-state index contributed by atoms with van der Waals surface area (Å²) in [4.78, 5) is 29.7. The first-order valence-corrected chi connectivity index (χ1v) is 18.4. The van der Waals surface area contributed by atoms with E-state index in [0.29, 0.717) is 40.1 Å². The fourth-order valence-electron chi connectivity index (χ4n) is 5.81. The summed E-state index contributed by atoms with van der Waals surface area (Å²) in [6.45, 7) is 2.56. The number of sulfonamides is 1. The minimum Gasteiger partial charge on any atom is -0.494 e. The molecule has 1 saturated carbocycles. The molecule has 0 saturated heterocycles. The highest BCUT2D eigenvalue weighted by Gasteiger charge is 2.32. The van der Waals surface area contributed by atoms with E-state index in [9.17, 15) is 18.0 Å². The van der Waals surface area contributed by atoms with Crippen molar-refractivity contribution in [2.75, 3.05) is 23.7 Å². The quantitative estimate of drug-likeness (QED) is 0.185. The third kappa shape index (κ3) is 10.4. The summed E-state index contributed by atoms with van der Waals surface area (Å²) >= 11 is 12.7. The standard InChI is InChI=1S/C35H43Cl2N3O5S/c1-3-45-31-20-18-30(19-21-31)40(46(2,43)44)22-10-15-34(41)39(25-27-16-17-28(36)24-32(27)37)33(23-26-11-6-4-7-12-26)35(42)38-29-13-8-5-9-14-29/h4,6-7,11-12,16-21,24,29,33H,3,5,8-10,13-15,22-23,25H2,1-2H3,(H,38,42)/t33-/m0/s1. The van der Waals surface area contributed by atoms with Crippen LogP contribution in [0.2, 0.25) is 10.0 Å². The van der Waals surface area contributed by atoms with E-state index in [1.807, 2.05) is 37.3 Å². The van der Waals surface area contributed by atoms with Gasteiger partial charge in [-0.2, -0.15) is 0 Å². The molecule has 11 heteroatoms. The van der Waals surface area contributed by atoms with Crippen molar-refractivity contribution in [1.29, 1.82) is 0 Å². The number of nitrogens with zero attached hydrogens (tertiary/aromatic N) is 2. The molecule has 0 bridgehead atoms. The van der Waals surface area contributed by atoms with Crippen LogP contribution in [-0.4, -0.2) is 56.6 Å². The minimum atomic E-state index is -3.63. The lowest BCUT2D eigenvalue weighted by Crippen LogP contribution is -2.53. The third-order valence-corrected chi connectivity index (χ3v) is 9.95. The Labute approximate surface area is 283 Å². The van der Waals surface area contributed by atoms with Gasteiger partial charge in [0.1, 0.15) is 11.8 Å². The third-order valence-electron chi connectivity index (χ3n) is 8.17. The predicted molar refractivity (Wildman–Crippen MR) is 185 cm³/mol. The molecule has 0 unspecified atom stereocenters. The highest BCUT2D eigenvalue weighted by molar-refractivity contribution is 7.92. The number of ether oxygens (including phenoxy) is 1. The lowest BCUT2D eigenvalue weighted by Gasteiger charge is -2.34. The van der Waals surface area contributed by atoms with Crippen LogP contribution in [0.25, 0.3) is 0 Å². The van der Waals surface area contributed by atoms with E-state index in [1.54, 1.807) is 47.4 Å². The van der Waals surface area contributed by atoms with E-state index in [2.05, 4.69) is 5.32 Å². The fraction of sp³-hybridized carbons (Fsp3) is 0.429. The van der Waals surface area contributed by atoms with Crippen LogP contribution >= 0.6 is 23.2 Å². The number of carbonyl (C=O) groups is 2. The molecule has 3 aromatic carbocycles. The molecule has 4 rings (SSSR count). The summed E-state index contributed by atoms with van der Waals surface area (Å²) in [5, 5.41) is 4.10. The molecule has 2 amide bonds. The number of amides is 2. The van der Waals surface area contributed by atoms with Crippen molar-refractivity contribution >= 4 is 50.7 Å². The molecule has 3 aromatic rings. The number of hydrogen-bond acceptors (Lipinski definition) is 5. The first-order chi connectivity index (χ1) is 22.0. The molecule has 1 fully saturated rings. The lowest BCUT2D eigenvalue weighted by atomic mass is 9.94. The van der Waals surface area contributed by atoms with Crippen molar-refractivity contribution in [1.82, 2.24) is 10.2 Å². The average molecular weight is 689 g/mol. The van der Waals surface area contributed by atoms with Crippen LogP contribution in [0.5, 0.6) is 5.75 Å². The van der Waals surface area contributed by atoms with E-state index in [1.165, 1.54) is 4.31 Å². The van der Waals surface area contributed by atoms with E-state index < -0.39 is 16.1 Å². The zero-order valence-electron chi connectivity index (χ0n) is 26.5. The Balaban J connectivity index is 1.59. The Morgan fingerprint density at radius 2 is 1.67 bits per heavy atom. The van der Waals surface area contributed by atoms with E-state index in [-0.39, 0.29) is 43.8 Å². The van der Waals surface area contributed by atoms with Crippen LogP contribution in [0.4, 0.5) is 5.69 Å². The zero-order chi connectivity index (χ0) is 33.1. The molecule has 0 heterocycles. The Bertz CT molecular complexity index is 1550. The molecule has 46 heavy (non-hydrogen) atoms. The molecule has 0 radical (unpaired) electrons. The Morgan fingerprint density at radius 3 is 2.30 bits per heavy atom.